The Morgan fingerprint density at radius 2 is 1.76 bits per heavy atom. The van der Waals surface area contributed by atoms with Crippen LogP contribution in [0.4, 0.5) is 0 Å². The monoisotopic (exact) mass is 478 g/mol. The summed E-state index contributed by atoms with van der Waals surface area (Å²) in [7, 11) is -3.89. The molecule has 0 aliphatic carbocycles. The van der Waals surface area contributed by atoms with Crippen LogP contribution in [0.15, 0.2) is 51.8 Å². The third-order valence-corrected chi connectivity index (χ3v) is 6.92. The second-order valence-corrected chi connectivity index (χ2v) is 9.36. The zero-order valence-corrected chi connectivity index (χ0v) is 16.9. The molecule has 0 aliphatic heterocycles. The lowest BCUT2D eigenvalue weighted by atomic mass is 10.2. The minimum atomic E-state index is -3.89. The van der Waals surface area contributed by atoms with Gasteiger partial charge >= 0.3 is 0 Å². The van der Waals surface area contributed by atoms with E-state index in [9.17, 15) is 13.2 Å². The van der Waals surface area contributed by atoms with Gasteiger partial charge in [0.15, 0.2) is 0 Å². The Bertz CT molecular complexity index is 1070. The molecule has 1 aromatic heterocycles. The first kappa shape index (κ1) is 18.6. The van der Waals surface area contributed by atoms with Crippen LogP contribution in [-0.4, -0.2) is 14.3 Å². The summed E-state index contributed by atoms with van der Waals surface area (Å²) in [6.07, 6.45) is 0. The second-order valence-electron chi connectivity index (χ2n) is 4.90. The summed E-state index contributed by atoms with van der Waals surface area (Å²) < 4.78 is 25.9. The molecule has 0 saturated carbocycles. The number of hydrogen-bond donors (Lipinski definition) is 2. The number of amides is 1. The van der Waals surface area contributed by atoms with E-state index in [-0.39, 0.29) is 14.8 Å². The quantitative estimate of drug-likeness (QED) is 0.537. The smallest absolute Gasteiger partial charge is 0.273 e. The maximum absolute atomic E-state index is 12.3. The molecule has 0 unspecified atom stereocenters. The zero-order chi connectivity index (χ0) is 18.2. The molecule has 0 bridgehead atoms. The fourth-order valence-electron chi connectivity index (χ4n) is 2.03. The number of hydrogen-bond acceptors (Lipinski definition) is 4. The molecule has 0 saturated heterocycles. The van der Waals surface area contributed by atoms with Crippen LogP contribution >= 0.6 is 50.5 Å². The van der Waals surface area contributed by atoms with Gasteiger partial charge in [-0.15, -0.1) is 16.2 Å². The largest absolute Gasteiger partial charge is 0.277 e. The van der Waals surface area contributed by atoms with Gasteiger partial charge in [-0.25, -0.2) is 8.42 Å². The lowest BCUT2D eigenvalue weighted by Crippen LogP contribution is -2.41. The highest BCUT2D eigenvalue weighted by Gasteiger charge is 2.20. The van der Waals surface area contributed by atoms with Gasteiger partial charge in [0, 0.05) is 19.6 Å². The van der Waals surface area contributed by atoms with Gasteiger partial charge in [-0.05, 0) is 42.5 Å². The molecule has 2 aromatic carbocycles. The first-order chi connectivity index (χ1) is 11.8. The maximum atomic E-state index is 12.3. The van der Waals surface area contributed by atoms with Gasteiger partial charge in [-0.2, -0.15) is 0 Å². The topological polar surface area (TPSA) is 75.3 Å². The molecule has 25 heavy (non-hydrogen) atoms. The van der Waals surface area contributed by atoms with Crippen molar-refractivity contribution in [1.82, 2.24) is 10.3 Å². The first-order valence-corrected chi connectivity index (χ1v) is 10.6. The number of halogens is 3. The molecule has 0 fully saturated rings. The van der Waals surface area contributed by atoms with Crippen LogP contribution in [0.2, 0.25) is 10.0 Å². The van der Waals surface area contributed by atoms with E-state index in [0.29, 0.717) is 10.4 Å². The van der Waals surface area contributed by atoms with Crippen molar-refractivity contribution in [2.45, 2.75) is 4.90 Å². The normalized spacial score (nSPS) is 11.6. The van der Waals surface area contributed by atoms with Crippen molar-refractivity contribution in [1.29, 1.82) is 0 Å². The number of fused-ring (bicyclic) bond motifs is 1. The summed E-state index contributed by atoms with van der Waals surface area (Å²) in [5.41, 5.74) is 2.17. The maximum Gasteiger partial charge on any atom is 0.277 e. The summed E-state index contributed by atoms with van der Waals surface area (Å²) >= 11 is 16.5. The third kappa shape index (κ3) is 3.99. The van der Waals surface area contributed by atoms with Gasteiger partial charge in [0.1, 0.15) is 4.88 Å². The van der Waals surface area contributed by atoms with Crippen LogP contribution in [-0.2, 0) is 10.0 Å². The van der Waals surface area contributed by atoms with Crippen molar-refractivity contribution in [3.63, 3.8) is 0 Å². The third-order valence-electron chi connectivity index (χ3n) is 3.22. The van der Waals surface area contributed by atoms with Crippen molar-refractivity contribution < 1.29 is 13.2 Å². The van der Waals surface area contributed by atoms with E-state index in [0.717, 1.165) is 20.5 Å². The number of carbonyl (C=O) groups is 1. The fraction of sp³-hybridized carbons (Fsp3) is 0. The Hall–Kier alpha value is -1.16. The molecule has 3 aromatic rings. The average molecular weight is 480 g/mol. The molecule has 1 heterocycles. The van der Waals surface area contributed by atoms with Crippen molar-refractivity contribution in [3.8, 4) is 0 Å². The Labute approximate surface area is 166 Å². The summed E-state index contributed by atoms with van der Waals surface area (Å²) in [4.78, 5) is 14.6. The van der Waals surface area contributed by atoms with Gasteiger partial charge in [-0.3, -0.25) is 10.2 Å². The predicted molar refractivity (Wildman–Crippen MR) is 104 cm³/mol. The number of thiophene rings is 1. The Balaban J connectivity index is 1.81. The van der Waals surface area contributed by atoms with E-state index in [1.807, 2.05) is 0 Å². The Morgan fingerprint density at radius 1 is 1.08 bits per heavy atom. The van der Waals surface area contributed by atoms with Crippen LogP contribution in [0.25, 0.3) is 10.1 Å². The van der Waals surface area contributed by atoms with E-state index in [4.69, 9.17) is 23.2 Å². The highest BCUT2D eigenvalue weighted by Crippen LogP contribution is 2.36. The van der Waals surface area contributed by atoms with Crippen molar-refractivity contribution in [2.75, 3.05) is 0 Å². The first-order valence-electron chi connectivity index (χ1n) is 6.73. The minimum absolute atomic E-state index is 0.0187. The Morgan fingerprint density at radius 3 is 2.44 bits per heavy atom. The predicted octanol–water partition coefficient (Wildman–Crippen LogP) is 4.59. The van der Waals surface area contributed by atoms with E-state index in [2.05, 4.69) is 26.2 Å². The van der Waals surface area contributed by atoms with Crippen molar-refractivity contribution in [3.05, 3.63) is 61.9 Å². The number of carbonyl (C=O) groups excluding carboxylic acids is 1. The fourth-order valence-corrected chi connectivity index (χ4v) is 4.69. The summed E-state index contributed by atoms with van der Waals surface area (Å²) in [6, 6.07) is 11.1. The molecule has 2 N–H and O–H groups in total. The standard InChI is InChI=1S/C15H9BrCl2N2O3S2/c16-8-1-4-10(5-2-8)25(22,23)20-19-15(21)14-13(18)11-7-9(17)3-6-12(11)24-14/h1-7,20H,(H,19,21). The molecule has 1 amide bonds. The van der Waals surface area contributed by atoms with Gasteiger partial charge in [0.25, 0.3) is 15.9 Å². The van der Waals surface area contributed by atoms with Crippen LogP contribution < -0.4 is 10.3 Å². The van der Waals surface area contributed by atoms with E-state index in [1.165, 1.54) is 12.1 Å². The second kappa shape index (κ2) is 7.22. The molecule has 10 heteroatoms. The van der Waals surface area contributed by atoms with Gasteiger partial charge in [0.2, 0.25) is 0 Å². The molecule has 0 atom stereocenters. The van der Waals surface area contributed by atoms with E-state index < -0.39 is 15.9 Å². The SMILES string of the molecule is O=C(NNS(=O)(=O)c1ccc(Br)cc1)c1sc2ccc(Cl)cc2c1Cl. The van der Waals surface area contributed by atoms with Gasteiger partial charge < -0.3 is 0 Å². The van der Waals surface area contributed by atoms with Crippen molar-refractivity contribution >= 4 is 76.5 Å². The van der Waals surface area contributed by atoms with Gasteiger partial charge in [0.05, 0.1) is 9.92 Å². The summed E-state index contributed by atoms with van der Waals surface area (Å²) in [5, 5.41) is 1.36. The highest BCUT2D eigenvalue weighted by atomic mass is 79.9. The molecule has 0 radical (unpaired) electrons. The molecular weight excluding hydrogens is 471 g/mol. The number of sulfonamides is 1. The number of benzene rings is 2. The van der Waals surface area contributed by atoms with Gasteiger partial charge in [-0.1, -0.05) is 39.1 Å². The summed E-state index contributed by atoms with van der Waals surface area (Å²) in [6.45, 7) is 0. The molecule has 5 nitrogen and oxygen atoms in total. The van der Waals surface area contributed by atoms with E-state index in [1.54, 1.807) is 30.3 Å². The molecule has 0 aliphatic rings. The van der Waals surface area contributed by atoms with Crippen molar-refractivity contribution in [2.24, 2.45) is 0 Å². The Kier molecular flexibility index (Phi) is 5.38. The van der Waals surface area contributed by atoms with Crippen LogP contribution in [0.5, 0.6) is 0 Å². The average Bonchev–Trinajstić information content (AvgIpc) is 2.90. The summed E-state index contributed by atoms with van der Waals surface area (Å²) in [5.74, 6) is -0.650. The number of nitrogens with one attached hydrogen (secondary N) is 2. The van der Waals surface area contributed by atoms with Crippen LogP contribution in [0.1, 0.15) is 9.67 Å². The van der Waals surface area contributed by atoms with E-state index >= 15 is 0 Å². The molecule has 130 valence electrons. The zero-order valence-electron chi connectivity index (χ0n) is 12.2. The molecule has 0 spiro atoms. The van der Waals surface area contributed by atoms with Crippen LogP contribution in [0.3, 0.4) is 0 Å². The lowest BCUT2D eigenvalue weighted by Gasteiger charge is -2.08. The number of hydrazine groups is 1. The molecule has 3 rings (SSSR count). The minimum Gasteiger partial charge on any atom is -0.273 e. The highest BCUT2D eigenvalue weighted by molar-refractivity contribution is 9.10. The number of rotatable bonds is 4. The lowest BCUT2D eigenvalue weighted by molar-refractivity contribution is 0.0949. The van der Waals surface area contributed by atoms with Crippen LogP contribution in [0, 0.1) is 0 Å². The molecular formula is C15H9BrCl2N2O3S2.